The summed E-state index contributed by atoms with van der Waals surface area (Å²) in [6.45, 7) is 8.03. The topological polar surface area (TPSA) is 78.9 Å². The van der Waals surface area contributed by atoms with Crippen LogP contribution in [-0.4, -0.2) is 60.0 Å². The number of piperidine rings is 1. The minimum atomic E-state index is -2.87. The second kappa shape index (κ2) is 14.9. The highest BCUT2D eigenvalue weighted by Crippen LogP contribution is 2.48. The van der Waals surface area contributed by atoms with Crippen molar-refractivity contribution in [1.29, 1.82) is 0 Å². The third-order valence-electron chi connectivity index (χ3n) is 10.8. The predicted molar refractivity (Wildman–Crippen MR) is 194 cm³/mol. The average Bonchev–Trinajstić information content (AvgIpc) is 3.10. The summed E-state index contributed by atoms with van der Waals surface area (Å²) in [5, 5.41) is 14.2. The Morgan fingerprint density at radius 1 is 1.02 bits per heavy atom. The first-order chi connectivity index (χ1) is 25.1. The van der Waals surface area contributed by atoms with Crippen molar-refractivity contribution in [3.05, 3.63) is 113 Å². The van der Waals surface area contributed by atoms with Gasteiger partial charge in [-0.25, -0.2) is 26.7 Å². The zero-order valence-corrected chi connectivity index (χ0v) is 30.0. The van der Waals surface area contributed by atoms with Crippen LogP contribution in [0, 0.1) is 18.7 Å². The minimum Gasteiger partial charge on any atom is -0.496 e. The Kier molecular flexibility index (Phi) is 10.7. The van der Waals surface area contributed by atoms with Gasteiger partial charge in [0.15, 0.2) is 0 Å². The van der Waals surface area contributed by atoms with Crippen LogP contribution in [0.1, 0.15) is 71.1 Å². The summed E-state index contributed by atoms with van der Waals surface area (Å²) in [5.74, 6) is -9.34. The van der Waals surface area contributed by atoms with E-state index in [-0.39, 0.29) is 36.0 Å². The Morgan fingerprint density at radius 2 is 1.70 bits per heavy atom. The minimum absolute atomic E-state index is 0.0944. The summed E-state index contributed by atoms with van der Waals surface area (Å²) in [6.07, 6.45) is -0.0901. The van der Waals surface area contributed by atoms with Crippen molar-refractivity contribution in [3.63, 3.8) is 0 Å². The first kappa shape index (κ1) is 38.0. The first-order valence-electron chi connectivity index (χ1n) is 17.7. The Morgan fingerprint density at radius 3 is 2.32 bits per heavy atom. The third kappa shape index (κ3) is 7.95. The number of amides is 1. The second-order valence-electron chi connectivity index (χ2n) is 14.5. The van der Waals surface area contributed by atoms with E-state index in [0.29, 0.717) is 49.4 Å². The van der Waals surface area contributed by atoms with Crippen molar-refractivity contribution in [2.45, 2.75) is 76.3 Å². The second-order valence-corrected chi connectivity index (χ2v) is 14.5. The van der Waals surface area contributed by atoms with E-state index in [1.807, 2.05) is 42.5 Å². The number of halogens is 5. The van der Waals surface area contributed by atoms with Gasteiger partial charge in [0.1, 0.15) is 17.6 Å². The van der Waals surface area contributed by atoms with Crippen molar-refractivity contribution in [1.82, 2.24) is 10.2 Å². The van der Waals surface area contributed by atoms with Gasteiger partial charge in [-0.3, -0.25) is 9.69 Å². The fourth-order valence-corrected chi connectivity index (χ4v) is 7.75. The molecule has 1 heterocycles. The van der Waals surface area contributed by atoms with Gasteiger partial charge in [0.2, 0.25) is 5.92 Å². The zero-order chi connectivity index (χ0) is 38.2. The lowest BCUT2D eigenvalue weighted by Gasteiger charge is -2.36. The molecule has 1 atom stereocenters. The van der Waals surface area contributed by atoms with E-state index in [1.54, 1.807) is 19.2 Å². The van der Waals surface area contributed by atoms with E-state index in [1.165, 1.54) is 19.9 Å². The summed E-state index contributed by atoms with van der Waals surface area (Å²) in [7, 11) is 1.58. The smallest absolute Gasteiger partial charge is 0.326 e. The van der Waals surface area contributed by atoms with E-state index in [9.17, 15) is 32.3 Å². The summed E-state index contributed by atoms with van der Waals surface area (Å²) >= 11 is 0. The number of hydrogen-bond acceptors (Lipinski definition) is 4. The Bertz CT molecular complexity index is 2030. The van der Waals surface area contributed by atoms with E-state index in [2.05, 4.69) is 16.8 Å². The molecule has 11 heteroatoms. The molecule has 1 saturated carbocycles. The molecule has 2 N–H and O–H groups in total. The number of methoxy groups -OCH3 is 1. The molecular formula is C42H43F5N2O4. The number of allylic oxidation sites excluding steroid dienone is 1. The number of aryl methyl sites for hydroxylation is 1. The molecule has 6 nitrogen and oxygen atoms in total. The molecule has 0 bridgehead atoms. The van der Waals surface area contributed by atoms with E-state index < -0.39 is 47.4 Å². The highest BCUT2D eigenvalue weighted by molar-refractivity contribution is 6.01. The van der Waals surface area contributed by atoms with Crippen LogP contribution in [0.5, 0.6) is 5.75 Å². The number of carbonyl (C=O) groups excluding carboxylic acids is 1. The maximum atomic E-state index is 15.2. The maximum absolute atomic E-state index is 15.2. The fraction of sp³-hybridized carbons (Fsp3) is 0.381. The normalized spacial score (nSPS) is 17.3. The van der Waals surface area contributed by atoms with E-state index in [0.717, 1.165) is 33.5 Å². The van der Waals surface area contributed by atoms with Gasteiger partial charge in [-0.05, 0) is 102 Å². The molecule has 1 amide bonds. The lowest BCUT2D eigenvalue weighted by Crippen LogP contribution is -2.43. The molecule has 4 aromatic carbocycles. The molecule has 4 aromatic rings. The number of likely N-dealkylation sites (tertiary alicyclic amines) is 1. The van der Waals surface area contributed by atoms with Gasteiger partial charge >= 0.3 is 5.97 Å². The molecule has 6 rings (SSSR count). The number of benzene rings is 4. The number of aliphatic carboxylic acids is 1. The number of fused-ring (bicyclic) bond motifs is 1. The standard InChI is InChI=1S/C42H43F5N2O4/c1-24(2)42(46,47)30-13-15-49(16-14-30)23-26-11-12-34(37(18-26)53-4)33-10-6-8-31-27(7-5-9-32(31)33)20-36(40(51)52)48-39(50)38-25(3)17-28(19-35(38)43)29-21-41(44,45)22-29/h5-12,17-19,29-30,36H,1,13-16,20-23H2,2-4H3,(H,48,50)(H,51,52)/t36-/m0/s1. The molecule has 1 saturated heterocycles. The highest BCUT2D eigenvalue weighted by Gasteiger charge is 2.46. The van der Waals surface area contributed by atoms with Crippen LogP contribution in [0.15, 0.2) is 78.9 Å². The number of carboxylic acid groups (broad SMARTS) is 1. The number of nitrogens with one attached hydrogen (secondary N) is 1. The molecule has 0 radical (unpaired) electrons. The third-order valence-corrected chi connectivity index (χ3v) is 10.8. The Labute approximate surface area is 305 Å². The van der Waals surface area contributed by atoms with Crippen LogP contribution in [0.25, 0.3) is 21.9 Å². The molecule has 53 heavy (non-hydrogen) atoms. The number of hydrogen-bond donors (Lipinski definition) is 2. The molecule has 2 fully saturated rings. The largest absolute Gasteiger partial charge is 0.496 e. The monoisotopic (exact) mass is 734 g/mol. The van der Waals surface area contributed by atoms with E-state index in [4.69, 9.17) is 4.74 Å². The van der Waals surface area contributed by atoms with Gasteiger partial charge < -0.3 is 15.2 Å². The lowest BCUT2D eigenvalue weighted by atomic mass is 9.76. The SMILES string of the molecule is C=C(C)C(F)(F)C1CCN(Cc2ccc(-c3cccc4c(C[C@H](NC(=O)c5c(C)cc(C6CC(F)(F)C6)cc5F)C(=O)O)cccc34)c(OC)c2)CC1. The number of alkyl halides is 4. The average molecular weight is 735 g/mol. The Hall–Kier alpha value is -4.77. The molecule has 1 aliphatic heterocycles. The van der Waals surface area contributed by atoms with Crippen LogP contribution in [0.4, 0.5) is 22.0 Å². The van der Waals surface area contributed by atoms with Crippen LogP contribution < -0.4 is 10.1 Å². The number of rotatable bonds is 12. The molecule has 2 aliphatic rings. The van der Waals surface area contributed by atoms with E-state index >= 15 is 4.39 Å². The van der Waals surface area contributed by atoms with Gasteiger partial charge in [-0.1, -0.05) is 61.2 Å². The highest BCUT2D eigenvalue weighted by atomic mass is 19.3. The van der Waals surface area contributed by atoms with Crippen LogP contribution in [0.2, 0.25) is 0 Å². The first-order valence-corrected chi connectivity index (χ1v) is 17.7. The number of carbonyl (C=O) groups is 2. The molecule has 0 spiro atoms. The number of nitrogens with zero attached hydrogens (tertiary/aromatic N) is 1. The lowest BCUT2D eigenvalue weighted by molar-refractivity contribution is -0.139. The summed E-state index contributed by atoms with van der Waals surface area (Å²) in [6, 6.07) is 18.2. The van der Waals surface area contributed by atoms with Gasteiger partial charge in [-0.15, -0.1) is 0 Å². The van der Waals surface area contributed by atoms with Gasteiger partial charge in [-0.2, -0.15) is 0 Å². The van der Waals surface area contributed by atoms with Crippen molar-refractivity contribution in [3.8, 4) is 16.9 Å². The summed E-state index contributed by atoms with van der Waals surface area (Å²) in [4.78, 5) is 27.9. The zero-order valence-electron chi connectivity index (χ0n) is 30.0. The van der Waals surface area contributed by atoms with Crippen LogP contribution >= 0.6 is 0 Å². The fourth-order valence-electron chi connectivity index (χ4n) is 7.75. The van der Waals surface area contributed by atoms with Crippen molar-refractivity contribution in [2.75, 3.05) is 20.2 Å². The number of carboxylic acids is 1. The maximum Gasteiger partial charge on any atom is 0.326 e. The molecule has 0 aromatic heterocycles. The molecule has 0 unspecified atom stereocenters. The van der Waals surface area contributed by atoms with Crippen molar-refractivity contribution >= 4 is 22.6 Å². The summed E-state index contributed by atoms with van der Waals surface area (Å²) < 4.78 is 76.9. The van der Waals surface area contributed by atoms with Gasteiger partial charge in [0, 0.05) is 37.3 Å². The van der Waals surface area contributed by atoms with Crippen LogP contribution in [-0.2, 0) is 17.8 Å². The van der Waals surface area contributed by atoms with Crippen LogP contribution in [0.3, 0.4) is 0 Å². The molecular weight excluding hydrogens is 691 g/mol. The molecule has 1 aliphatic carbocycles. The van der Waals surface area contributed by atoms with Crippen molar-refractivity contribution < 1.29 is 41.4 Å². The summed E-state index contributed by atoms with van der Waals surface area (Å²) in [5.41, 5.74) is 3.47. The van der Waals surface area contributed by atoms with Crippen molar-refractivity contribution in [2.24, 2.45) is 5.92 Å². The Balaban J connectivity index is 1.19. The van der Waals surface area contributed by atoms with Gasteiger partial charge in [0.25, 0.3) is 11.8 Å². The predicted octanol–water partition coefficient (Wildman–Crippen LogP) is 9.32. The quantitative estimate of drug-likeness (QED) is 0.112. The molecule has 280 valence electrons. The van der Waals surface area contributed by atoms with Gasteiger partial charge in [0.05, 0.1) is 12.7 Å². The number of ether oxygens (including phenoxy) is 1.